The lowest BCUT2D eigenvalue weighted by molar-refractivity contribution is -0.133. The zero-order valence-corrected chi connectivity index (χ0v) is 29.9. The van der Waals surface area contributed by atoms with Crippen molar-refractivity contribution in [3.05, 3.63) is 53.6 Å². The maximum absolute atomic E-state index is 10.9. The van der Waals surface area contributed by atoms with Crippen molar-refractivity contribution in [2.45, 2.75) is 44.9 Å². The number of hydrogen-bond acceptors (Lipinski definition) is 9. The second-order valence-electron chi connectivity index (χ2n) is 13.5. The molecule has 1 N–H and O–H groups in total. The van der Waals surface area contributed by atoms with Crippen LogP contribution in [-0.4, -0.2) is 182 Å². The van der Waals surface area contributed by atoms with E-state index in [4.69, 9.17) is 5.11 Å². The van der Waals surface area contributed by atoms with Crippen LogP contribution < -0.4 is 0 Å². The van der Waals surface area contributed by atoms with Gasteiger partial charge in [0.15, 0.2) is 0 Å². The molecule has 7 heterocycles. The van der Waals surface area contributed by atoms with Crippen molar-refractivity contribution in [1.29, 1.82) is 0 Å². The molecule has 0 aliphatic carbocycles. The van der Waals surface area contributed by atoms with Crippen LogP contribution in [0, 0.1) is 0 Å². The van der Waals surface area contributed by atoms with Crippen LogP contribution in [0.1, 0.15) is 29.8 Å². The number of likely N-dealkylation sites (tertiary alicyclic amines) is 1. The molecule has 0 saturated carbocycles. The number of nitrogens with zero attached hydrogens (tertiary/aromatic N) is 9. The van der Waals surface area contributed by atoms with E-state index >= 15 is 0 Å². The first-order chi connectivity index (χ1) is 22.6. The summed E-state index contributed by atoms with van der Waals surface area (Å²) in [6.07, 6.45) is 8.53. The summed E-state index contributed by atoms with van der Waals surface area (Å²) in [4.78, 5) is 40.1. The van der Waals surface area contributed by atoms with E-state index in [0.717, 1.165) is 78.3 Å². The molecule has 2 aromatic rings. The highest BCUT2D eigenvalue weighted by molar-refractivity contribution is 5.78. The summed E-state index contributed by atoms with van der Waals surface area (Å²) >= 11 is 0. The molecule has 12 nitrogen and oxygen atoms in total. The Hall–Kier alpha value is -2.87. The third-order valence-corrected chi connectivity index (χ3v) is 9.46. The van der Waals surface area contributed by atoms with Crippen LogP contribution in [-0.2, 0) is 35.6 Å². The van der Waals surface area contributed by atoms with Gasteiger partial charge in [-0.2, -0.15) is 0 Å². The van der Waals surface area contributed by atoms with Crippen molar-refractivity contribution in [1.82, 2.24) is 43.9 Å². The number of amides is 2. The highest BCUT2D eigenvalue weighted by atomic mass is 16.3. The van der Waals surface area contributed by atoms with Crippen molar-refractivity contribution in [2.75, 3.05) is 114 Å². The summed E-state index contributed by atoms with van der Waals surface area (Å²) < 4.78 is 2.32. The molecule has 12 heteroatoms. The fourth-order valence-electron chi connectivity index (χ4n) is 5.95. The predicted octanol–water partition coefficient (Wildman–Crippen LogP) is 0.856. The fourth-order valence-corrected chi connectivity index (χ4v) is 5.95. The quantitative estimate of drug-likeness (QED) is 0.473. The Bertz CT molecular complexity index is 1180. The molecule has 5 aliphatic rings. The van der Waals surface area contributed by atoms with Crippen molar-refractivity contribution in [2.24, 2.45) is 0 Å². The number of carbonyl (C=O) groups excluding carboxylic acids is 2. The SMILES string of the molecule is CN1CCCC1CO.CN1CCN(C)C(=O)C1.CN1CCN(C=O)CC1.CN1CCc2cccnc2C1.CN1CCn2cccc2C1. The molecule has 3 fully saturated rings. The molecule has 3 saturated heterocycles. The summed E-state index contributed by atoms with van der Waals surface area (Å²) in [6.45, 7) is 13.4. The van der Waals surface area contributed by atoms with Crippen molar-refractivity contribution in [3.8, 4) is 0 Å². The number of piperazine rings is 2. The highest BCUT2D eigenvalue weighted by Gasteiger charge is 2.19. The van der Waals surface area contributed by atoms with E-state index in [1.807, 2.05) is 31.3 Å². The van der Waals surface area contributed by atoms with Crippen LogP contribution in [0.15, 0.2) is 36.7 Å². The van der Waals surface area contributed by atoms with Gasteiger partial charge in [-0.15, -0.1) is 0 Å². The predicted molar refractivity (Wildman–Crippen MR) is 188 cm³/mol. The van der Waals surface area contributed by atoms with Crippen LogP contribution in [0.5, 0.6) is 0 Å². The minimum atomic E-state index is 0.226. The van der Waals surface area contributed by atoms with E-state index in [2.05, 4.69) is 81.7 Å². The van der Waals surface area contributed by atoms with E-state index in [1.165, 1.54) is 42.9 Å². The number of hydrogen-bond donors (Lipinski definition) is 1. The molecule has 7 rings (SSSR count). The van der Waals surface area contributed by atoms with Crippen molar-refractivity contribution >= 4 is 12.3 Å². The molecule has 5 aliphatic heterocycles. The molecule has 2 aromatic heterocycles. The Kier molecular flexibility index (Phi) is 16.8. The van der Waals surface area contributed by atoms with Gasteiger partial charge in [-0.05, 0) is 84.8 Å². The molecule has 1 atom stereocenters. The minimum absolute atomic E-state index is 0.226. The molecule has 2 amide bonds. The van der Waals surface area contributed by atoms with Gasteiger partial charge in [-0.3, -0.25) is 24.4 Å². The first kappa shape index (κ1) is 38.6. The lowest BCUT2D eigenvalue weighted by atomic mass is 10.1. The van der Waals surface area contributed by atoms with E-state index in [9.17, 15) is 9.59 Å². The number of carbonyl (C=O) groups is 2. The minimum Gasteiger partial charge on any atom is -0.395 e. The van der Waals surface area contributed by atoms with Gasteiger partial charge in [0.05, 0.1) is 18.8 Å². The maximum atomic E-state index is 10.9. The standard InChI is InChI=1S/C9H12N2.C8H12N2.2C6H12N2O.C6H13NO/c1-11-6-4-8-3-2-5-10-9(8)7-11;1-9-5-6-10-4-2-3-8(10)7-9;1-7-3-4-8(2)6(9)5-7;1-7-2-4-8(6-9)5-3-7;1-7-4-2-3-6(7)5-8/h2-3,5H,4,6-7H2,1H3;2-4H,5-7H2,1H3;3-5H2,1-2H3;6H,2-5H2,1H3;6,8H,2-5H2,1H3. The monoisotopic (exact) mass is 655 g/mol. The van der Waals surface area contributed by atoms with Crippen molar-refractivity contribution < 1.29 is 14.7 Å². The van der Waals surface area contributed by atoms with Gasteiger partial charge in [-0.1, -0.05) is 6.07 Å². The molecule has 0 aromatic carbocycles. The summed E-state index contributed by atoms with van der Waals surface area (Å²) in [7, 11) is 12.2. The average Bonchev–Trinajstić information content (AvgIpc) is 3.72. The normalized spacial score (nSPS) is 22.2. The smallest absolute Gasteiger partial charge is 0.236 e. The summed E-state index contributed by atoms with van der Waals surface area (Å²) in [5.74, 6) is 0.226. The Morgan fingerprint density at radius 1 is 0.787 bits per heavy atom. The lowest BCUT2D eigenvalue weighted by Crippen LogP contribution is -2.46. The van der Waals surface area contributed by atoms with Crippen LogP contribution in [0.2, 0.25) is 0 Å². The van der Waals surface area contributed by atoms with Gasteiger partial charge in [-0.25, -0.2) is 0 Å². The second kappa shape index (κ2) is 20.5. The summed E-state index contributed by atoms with van der Waals surface area (Å²) in [6, 6.07) is 8.96. The molecule has 0 radical (unpaired) electrons. The first-order valence-electron chi connectivity index (χ1n) is 17.1. The number of fused-ring (bicyclic) bond motifs is 2. The van der Waals surface area contributed by atoms with E-state index in [-0.39, 0.29) is 5.91 Å². The maximum Gasteiger partial charge on any atom is 0.236 e. The Labute approximate surface area is 283 Å². The molecule has 264 valence electrons. The van der Waals surface area contributed by atoms with E-state index < -0.39 is 0 Å². The van der Waals surface area contributed by atoms with Gasteiger partial charge >= 0.3 is 0 Å². The number of aromatic nitrogens is 2. The van der Waals surface area contributed by atoms with Crippen LogP contribution in [0.4, 0.5) is 0 Å². The zero-order valence-electron chi connectivity index (χ0n) is 29.9. The van der Waals surface area contributed by atoms with E-state index in [0.29, 0.717) is 19.2 Å². The molecule has 1 unspecified atom stereocenters. The highest BCUT2D eigenvalue weighted by Crippen LogP contribution is 2.14. The fraction of sp³-hybridized carbons (Fsp3) is 0.686. The second-order valence-corrected chi connectivity index (χ2v) is 13.5. The van der Waals surface area contributed by atoms with Crippen LogP contribution in [0.3, 0.4) is 0 Å². The first-order valence-corrected chi connectivity index (χ1v) is 17.1. The molecule has 0 spiro atoms. The molecular weight excluding hydrogens is 594 g/mol. The van der Waals surface area contributed by atoms with Crippen molar-refractivity contribution in [3.63, 3.8) is 0 Å². The van der Waals surface area contributed by atoms with Gasteiger partial charge in [0.2, 0.25) is 12.3 Å². The average molecular weight is 656 g/mol. The van der Waals surface area contributed by atoms with Gasteiger partial charge in [0, 0.05) is 103 Å². The number of rotatable bonds is 2. The number of likely N-dealkylation sites (N-methyl/N-ethyl adjacent to an activating group) is 6. The topological polar surface area (TPSA) is 94.9 Å². The largest absolute Gasteiger partial charge is 0.395 e. The number of aliphatic hydroxyl groups is 1. The third kappa shape index (κ3) is 13.6. The van der Waals surface area contributed by atoms with Gasteiger partial charge in [0.25, 0.3) is 0 Å². The van der Waals surface area contributed by atoms with E-state index in [1.54, 1.807) is 9.80 Å². The zero-order chi connectivity index (χ0) is 34.2. The third-order valence-electron chi connectivity index (χ3n) is 9.46. The Morgan fingerprint density at radius 2 is 1.47 bits per heavy atom. The van der Waals surface area contributed by atoms with Crippen LogP contribution in [0.25, 0.3) is 0 Å². The Balaban J connectivity index is 0.000000160. The summed E-state index contributed by atoms with van der Waals surface area (Å²) in [5.41, 5.74) is 4.11. The lowest BCUT2D eigenvalue weighted by Gasteiger charge is -2.29. The number of aliphatic hydroxyl groups excluding tert-OH is 1. The van der Waals surface area contributed by atoms with Crippen LogP contribution >= 0.6 is 0 Å². The summed E-state index contributed by atoms with van der Waals surface area (Å²) in [5, 5.41) is 8.69. The molecule has 0 bridgehead atoms. The molecular formula is C35H61N9O3. The molecule has 47 heavy (non-hydrogen) atoms. The van der Waals surface area contributed by atoms with Gasteiger partial charge in [0.1, 0.15) is 0 Å². The van der Waals surface area contributed by atoms with Gasteiger partial charge < -0.3 is 34.2 Å². The number of pyridine rings is 1. The Morgan fingerprint density at radius 3 is 2.09 bits per heavy atom.